The highest BCUT2D eigenvalue weighted by atomic mass is 16.2. The molecular weight excluding hydrogens is 218 g/mol. The van der Waals surface area contributed by atoms with Crippen LogP contribution >= 0.6 is 0 Å². The fraction of sp³-hybridized carbons (Fsp3) is 0.545. The first kappa shape index (κ1) is 11.6. The molecule has 3 N–H and O–H groups in total. The predicted molar refractivity (Wildman–Crippen MR) is 65.4 cm³/mol. The minimum atomic E-state index is 0.192. The molecule has 92 valence electrons. The zero-order valence-electron chi connectivity index (χ0n) is 9.72. The summed E-state index contributed by atoms with van der Waals surface area (Å²) >= 11 is 0. The molecule has 6 heteroatoms. The molecule has 1 amide bonds. The number of amides is 1. The number of hydrogen-bond donors (Lipinski definition) is 2. The minimum absolute atomic E-state index is 0.192. The first-order chi connectivity index (χ1) is 8.27. The van der Waals surface area contributed by atoms with Gasteiger partial charge in [0.25, 0.3) is 0 Å². The van der Waals surface area contributed by atoms with Crippen molar-refractivity contribution in [3.8, 4) is 0 Å². The van der Waals surface area contributed by atoms with E-state index in [0.717, 1.165) is 25.9 Å². The largest absolute Gasteiger partial charge is 0.381 e. The number of aromatic nitrogens is 2. The normalized spacial score (nSPS) is 14.9. The third-order valence-electron chi connectivity index (χ3n) is 2.82. The van der Waals surface area contributed by atoms with Crippen molar-refractivity contribution in [3.63, 3.8) is 0 Å². The zero-order chi connectivity index (χ0) is 12.1. The summed E-state index contributed by atoms with van der Waals surface area (Å²) in [6.45, 7) is 2.33. The van der Waals surface area contributed by atoms with Crippen LogP contribution in [0.4, 0.5) is 11.6 Å². The Labute approximate surface area is 100 Å². The van der Waals surface area contributed by atoms with Crippen LogP contribution in [0.3, 0.4) is 0 Å². The van der Waals surface area contributed by atoms with Gasteiger partial charge in [0, 0.05) is 38.4 Å². The lowest BCUT2D eigenvalue weighted by Crippen LogP contribution is -2.29. The summed E-state index contributed by atoms with van der Waals surface area (Å²) in [5.41, 5.74) is 5.63. The smallest absolute Gasteiger partial charge is 0.224 e. The van der Waals surface area contributed by atoms with E-state index in [2.05, 4.69) is 15.3 Å². The van der Waals surface area contributed by atoms with Crippen molar-refractivity contribution in [1.29, 1.82) is 0 Å². The monoisotopic (exact) mass is 235 g/mol. The lowest BCUT2D eigenvalue weighted by atomic mass is 10.3. The van der Waals surface area contributed by atoms with Gasteiger partial charge in [-0.3, -0.25) is 4.79 Å². The van der Waals surface area contributed by atoms with E-state index in [4.69, 9.17) is 5.73 Å². The minimum Gasteiger partial charge on any atom is -0.381 e. The van der Waals surface area contributed by atoms with Crippen molar-refractivity contribution in [3.05, 3.63) is 12.4 Å². The van der Waals surface area contributed by atoms with E-state index >= 15 is 0 Å². The summed E-state index contributed by atoms with van der Waals surface area (Å²) in [5.74, 6) is 1.10. The molecule has 0 saturated carbocycles. The number of likely N-dealkylation sites (tertiary alicyclic amines) is 1. The van der Waals surface area contributed by atoms with Crippen LogP contribution in [0.1, 0.15) is 19.3 Å². The highest BCUT2D eigenvalue weighted by Gasteiger charge is 2.17. The van der Waals surface area contributed by atoms with Gasteiger partial charge in [0.05, 0.1) is 0 Å². The summed E-state index contributed by atoms with van der Waals surface area (Å²) in [6, 6.07) is 0. The molecule has 1 aliphatic rings. The Balaban J connectivity index is 1.76. The van der Waals surface area contributed by atoms with Crippen molar-refractivity contribution in [1.82, 2.24) is 14.9 Å². The number of anilines is 2. The molecule has 1 fully saturated rings. The van der Waals surface area contributed by atoms with Crippen LogP contribution < -0.4 is 11.1 Å². The number of nitrogen functional groups attached to an aromatic ring is 1. The maximum absolute atomic E-state index is 11.7. The quantitative estimate of drug-likeness (QED) is 0.793. The molecule has 1 aromatic rings. The molecule has 2 heterocycles. The Morgan fingerprint density at radius 3 is 2.76 bits per heavy atom. The Hall–Kier alpha value is -1.85. The van der Waals surface area contributed by atoms with Crippen molar-refractivity contribution in [2.75, 3.05) is 30.7 Å². The second-order valence-electron chi connectivity index (χ2n) is 4.05. The van der Waals surface area contributed by atoms with Crippen LogP contribution in [0, 0.1) is 0 Å². The Bertz CT molecular complexity index is 389. The van der Waals surface area contributed by atoms with Crippen LogP contribution in [-0.4, -0.2) is 40.4 Å². The number of carbonyl (C=O) groups is 1. The highest BCUT2D eigenvalue weighted by molar-refractivity contribution is 5.77. The maximum Gasteiger partial charge on any atom is 0.224 e. The van der Waals surface area contributed by atoms with Gasteiger partial charge in [-0.1, -0.05) is 0 Å². The Kier molecular flexibility index (Phi) is 3.74. The van der Waals surface area contributed by atoms with Gasteiger partial charge in [-0.15, -0.1) is 0 Å². The topological polar surface area (TPSA) is 84.1 Å². The van der Waals surface area contributed by atoms with E-state index < -0.39 is 0 Å². The zero-order valence-corrected chi connectivity index (χ0v) is 9.72. The van der Waals surface area contributed by atoms with Gasteiger partial charge in [-0.2, -0.15) is 0 Å². The number of carbonyl (C=O) groups excluding carboxylic acids is 1. The molecule has 17 heavy (non-hydrogen) atoms. The van der Waals surface area contributed by atoms with Crippen LogP contribution in [0.5, 0.6) is 0 Å². The van der Waals surface area contributed by atoms with Gasteiger partial charge < -0.3 is 16.0 Å². The molecular formula is C11H17N5O. The van der Waals surface area contributed by atoms with E-state index in [-0.39, 0.29) is 5.91 Å². The molecule has 0 atom stereocenters. The number of rotatable bonds is 4. The molecule has 0 unspecified atom stereocenters. The second kappa shape index (κ2) is 5.47. The lowest BCUT2D eigenvalue weighted by Gasteiger charge is -2.15. The average Bonchev–Trinajstić information content (AvgIpc) is 2.85. The fourth-order valence-corrected chi connectivity index (χ4v) is 1.90. The SMILES string of the molecule is Nc1nccnc1NCCC(=O)N1CCCC1. The van der Waals surface area contributed by atoms with E-state index in [1.165, 1.54) is 6.20 Å². The van der Waals surface area contributed by atoms with Crippen LogP contribution in [0.25, 0.3) is 0 Å². The Morgan fingerprint density at radius 1 is 1.35 bits per heavy atom. The van der Waals surface area contributed by atoms with Crippen molar-refractivity contribution >= 4 is 17.5 Å². The summed E-state index contributed by atoms with van der Waals surface area (Å²) in [7, 11) is 0. The van der Waals surface area contributed by atoms with Crippen molar-refractivity contribution in [2.24, 2.45) is 0 Å². The average molecular weight is 235 g/mol. The van der Waals surface area contributed by atoms with Gasteiger partial charge in [0.1, 0.15) is 0 Å². The number of nitrogens with two attached hydrogens (primary N) is 1. The molecule has 2 rings (SSSR count). The maximum atomic E-state index is 11.7. The van der Waals surface area contributed by atoms with Gasteiger partial charge in [0.15, 0.2) is 11.6 Å². The number of nitrogens with one attached hydrogen (secondary N) is 1. The molecule has 1 saturated heterocycles. The van der Waals surface area contributed by atoms with E-state index in [1.54, 1.807) is 6.20 Å². The van der Waals surface area contributed by atoms with E-state index in [9.17, 15) is 4.79 Å². The molecule has 1 aromatic heterocycles. The fourth-order valence-electron chi connectivity index (χ4n) is 1.90. The highest BCUT2D eigenvalue weighted by Crippen LogP contribution is 2.11. The molecule has 0 radical (unpaired) electrons. The molecule has 0 aliphatic carbocycles. The van der Waals surface area contributed by atoms with Crippen molar-refractivity contribution < 1.29 is 4.79 Å². The molecule has 6 nitrogen and oxygen atoms in total. The summed E-state index contributed by atoms with van der Waals surface area (Å²) in [5, 5.41) is 3.02. The first-order valence-corrected chi connectivity index (χ1v) is 5.85. The molecule has 0 aromatic carbocycles. The molecule has 0 bridgehead atoms. The van der Waals surface area contributed by atoms with Gasteiger partial charge >= 0.3 is 0 Å². The third kappa shape index (κ3) is 3.05. The lowest BCUT2D eigenvalue weighted by molar-refractivity contribution is -0.129. The third-order valence-corrected chi connectivity index (χ3v) is 2.82. The van der Waals surface area contributed by atoms with E-state index in [0.29, 0.717) is 24.6 Å². The summed E-state index contributed by atoms with van der Waals surface area (Å²) < 4.78 is 0. The second-order valence-corrected chi connectivity index (χ2v) is 4.05. The Morgan fingerprint density at radius 2 is 2.06 bits per heavy atom. The number of nitrogens with zero attached hydrogens (tertiary/aromatic N) is 3. The van der Waals surface area contributed by atoms with Crippen LogP contribution in [0.15, 0.2) is 12.4 Å². The van der Waals surface area contributed by atoms with Gasteiger partial charge in [-0.25, -0.2) is 9.97 Å². The first-order valence-electron chi connectivity index (χ1n) is 5.85. The van der Waals surface area contributed by atoms with E-state index in [1.807, 2.05) is 4.90 Å². The van der Waals surface area contributed by atoms with Crippen LogP contribution in [0.2, 0.25) is 0 Å². The summed E-state index contributed by atoms with van der Waals surface area (Å²) in [4.78, 5) is 21.6. The van der Waals surface area contributed by atoms with Crippen molar-refractivity contribution in [2.45, 2.75) is 19.3 Å². The van der Waals surface area contributed by atoms with Gasteiger partial charge in [0.2, 0.25) is 5.91 Å². The molecule has 0 spiro atoms. The predicted octanol–water partition coefficient (Wildman–Crippen LogP) is 0.483. The standard InChI is InChI=1S/C11H17N5O/c12-10-11(15-6-5-13-10)14-4-3-9(17)16-7-1-2-8-16/h5-6H,1-4,7-8H2,(H2,12,13)(H,14,15). The molecule has 1 aliphatic heterocycles. The van der Waals surface area contributed by atoms with Crippen LogP contribution in [-0.2, 0) is 4.79 Å². The number of hydrogen-bond acceptors (Lipinski definition) is 5. The summed E-state index contributed by atoms with van der Waals surface area (Å²) in [6.07, 6.45) is 5.82. The van der Waals surface area contributed by atoms with Gasteiger partial charge in [-0.05, 0) is 12.8 Å².